The van der Waals surface area contributed by atoms with E-state index in [0.717, 1.165) is 12.1 Å². The molecule has 0 fully saturated rings. The Morgan fingerprint density at radius 1 is 1.16 bits per heavy atom. The predicted octanol–water partition coefficient (Wildman–Crippen LogP) is 3.58. The minimum absolute atomic E-state index is 0.223. The van der Waals surface area contributed by atoms with Gasteiger partial charge in [0.2, 0.25) is 0 Å². The van der Waals surface area contributed by atoms with E-state index in [9.17, 15) is 13.2 Å². The second kappa shape index (κ2) is 5.04. The summed E-state index contributed by atoms with van der Waals surface area (Å²) in [6, 6.07) is 4.72. The number of alkyl halides is 3. The van der Waals surface area contributed by atoms with Crippen molar-refractivity contribution in [2.75, 3.05) is 11.1 Å². The van der Waals surface area contributed by atoms with Crippen molar-refractivity contribution in [1.82, 2.24) is 9.97 Å². The molecule has 0 saturated heterocycles. The molecule has 4 nitrogen and oxygen atoms in total. The Bertz CT molecular complexity index is 601. The summed E-state index contributed by atoms with van der Waals surface area (Å²) in [5.41, 5.74) is 4.96. The molecule has 100 valence electrons. The number of hydrogen-bond donors (Lipinski definition) is 2. The molecule has 0 bridgehead atoms. The van der Waals surface area contributed by atoms with Crippen LogP contribution in [0.15, 0.2) is 35.1 Å². The van der Waals surface area contributed by atoms with Crippen molar-refractivity contribution in [3.8, 4) is 0 Å². The van der Waals surface area contributed by atoms with Gasteiger partial charge in [-0.1, -0.05) is 0 Å². The second-order valence-corrected chi connectivity index (χ2v) is 4.50. The van der Waals surface area contributed by atoms with Gasteiger partial charge in [0.05, 0.1) is 11.3 Å². The van der Waals surface area contributed by atoms with Crippen LogP contribution in [-0.4, -0.2) is 9.97 Å². The zero-order valence-corrected chi connectivity index (χ0v) is 11.0. The molecule has 0 unspecified atom stereocenters. The summed E-state index contributed by atoms with van der Waals surface area (Å²) in [6.07, 6.45) is -3.18. The maximum absolute atomic E-state index is 12.6. The van der Waals surface area contributed by atoms with Crippen LogP contribution < -0.4 is 11.1 Å². The first-order valence-electron chi connectivity index (χ1n) is 5.07. The standard InChI is InChI=1S/C11H8BrF3N4/c12-7-2-1-6(11(13,14)15)3-8(7)19-10-4-9(16)17-5-18-10/h1-5H,(H3,16,17,18,19). The van der Waals surface area contributed by atoms with Crippen LogP contribution in [0.5, 0.6) is 0 Å². The first kappa shape index (κ1) is 13.6. The van der Waals surface area contributed by atoms with E-state index in [4.69, 9.17) is 5.73 Å². The molecule has 0 amide bonds. The van der Waals surface area contributed by atoms with Gasteiger partial charge < -0.3 is 11.1 Å². The smallest absolute Gasteiger partial charge is 0.384 e. The monoisotopic (exact) mass is 332 g/mol. The molecule has 2 aromatic rings. The third-order valence-electron chi connectivity index (χ3n) is 2.24. The molecule has 3 N–H and O–H groups in total. The molecule has 1 aromatic carbocycles. The van der Waals surface area contributed by atoms with Crippen LogP contribution in [0.4, 0.5) is 30.5 Å². The van der Waals surface area contributed by atoms with Crippen LogP contribution in [0.3, 0.4) is 0 Å². The molecule has 0 aliphatic carbocycles. The molecule has 0 atom stereocenters. The Labute approximate surface area is 115 Å². The third kappa shape index (κ3) is 3.34. The van der Waals surface area contributed by atoms with Gasteiger partial charge in [-0.15, -0.1) is 0 Å². The topological polar surface area (TPSA) is 63.8 Å². The second-order valence-electron chi connectivity index (χ2n) is 3.65. The summed E-state index contributed by atoms with van der Waals surface area (Å²) < 4.78 is 38.3. The average Bonchev–Trinajstić information content (AvgIpc) is 2.30. The maximum atomic E-state index is 12.6. The molecule has 0 radical (unpaired) electrons. The van der Waals surface area contributed by atoms with E-state index in [1.807, 2.05) is 0 Å². The van der Waals surface area contributed by atoms with Gasteiger partial charge in [-0.05, 0) is 34.1 Å². The fraction of sp³-hybridized carbons (Fsp3) is 0.0909. The van der Waals surface area contributed by atoms with Gasteiger partial charge in [0.1, 0.15) is 18.0 Å². The van der Waals surface area contributed by atoms with E-state index in [2.05, 4.69) is 31.2 Å². The zero-order valence-electron chi connectivity index (χ0n) is 9.37. The van der Waals surface area contributed by atoms with Crippen molar-refractivity contribution >= 4 is 33.3 Å². The normalized spacial score (nSPS) is 11.4. The Morgan fingerprint density at radius 3 is 2.53 bits per heavy atom. The van der Waals surface area contributed by atoms with Crippen LogP contribution in [0.2, 0.25) is 0 Å². The molecule has 0 aliphatic rings. The minimum Gasteiger partial charge on any atom is -0.384 e. The first-order valence-corrected chi connectivity index (χ1v) is 5.87. The molecule has 19 heavy (non-hydrogen) atoms. The van der Waals surface area contributed by atoms with Gasteiger partial charge in [0.25, 0.3) is 0 Å². The summed E-state index contributed by atoms with van der Waals surface area (Å²) >= 11 is 3.17. The fourth-order valence-electron chi connectivity index (χ4n) is 1.38. The van der Waals surface area contributed by atoms with Crippen LogP contribution in [0.1, 0.15) is 5.56 Å². The van der Waals surface area contributed by atoms with Gasteiger partial charge in [-0.2, -0.15) is 13.2 Å². The number of halogens is 4. The van der Waals surface area contributed by atoms with E-state index < -0.39 is 11.7 Å². The number of nitrogens with zero attached hydrogens (tertiary/aromatic N) is 2. The highest BCUT2D eigenvalue weighted by Gasteiger charge is 2.30. The molecule has 2 rings (SSSR count). The number of rotatable bonds is 2. The van der Waals surface area contributed by atoms with Crippen LogP contribution in [-0.2, 0) is 6.18 Å². The first-order chi connectivity index (χ1) is 8.86. The van der Waals surface area contributed by atoms with E-state index >= 15 is 0 Å². The van der Waals surface area contributed by atoms with E-state index in [-0.39, 0.29) is 11.5 Å². The third-order valence-corrected chi connectivity index (χ3v) is 2.94. The van der Waals surface area contributed by atoms with Crippen molar-refractivity contribution in [3.05, 3.63) is 40.6 Å². The number of hydrogen-bond acceptors (Lipinski definition) is 4. The summed E-state index contributed by atoms with van der Waals surface area (Å²) in [5, 5.41) is 2.75. The van der Waals surface area contributed by atoms with Crippen LogP contribution in [0.25, 0.3) is 0 Å². The molecule has 0 spiro atoms. The van der Waals surface area contributed by atoms with Crippen molar-refractivity contribution < 1.29 is 13.2 Å². The number of anilines is 3. The van der Waals surface area contributed by atoms with Gasteiger partial charge in [-0.25, -0.2) is 9.97 Å². The Morgan fingerprint density at radius 2 is 1.89 bits per heavy atom. The van der Waals surface area contributed by atoms with Crippen LogP contribution >= 0.6 is 15.9 Å². The van der Waals surface area contributed by atoms with Crippen molar-refractivity contribution in [2.45, 2.75) is 6.18 Å². The number of nitrogen functional groups attached to an aromatic ring is 1. The van der Waals surface area contributed by atoms with Crippen molar-refractivity contribution in [1.29, 1.82) is 0 Å². The lowest BCUT2D eigenvalue weighted by Gasteiger charge is -2.12. The summed E-state index contributed by atoms with van der Waals surface area (Å²) in [6.45, 7) is 0. The van der Waals surface area contributed by atoms with E-state index in [1.54, 1.807) is 0 Å². The molecule has 0 saturated carbocycles. The van der Waals surface area contributed by atoms with Gasteiger partial charge in [0.15, 0.2) is 0 Å². The lowest BCUT2D eigenvalue weighted by molar-refractivity contribution is -0.137. The maximum Gasteiger partial charge on any atom is 0.416 e. The van der Waals surface area contributed by atoms with E-state index in [1.165, 1.54) is 18.5 Å². The number of aromatic nitrogens is 2. The number of benzene rings is 1. The number of nitrogens with one attached hydrogen (secondary N) is 1. The Hall–Kier alpha value is -1.83. The minimum atomic E-state index is -4.40. The highest BCUT2D eigenvalue weighted by atomic mass is 79.9. The van der Waals surface area contributed by atoms with Crippen molar-refractivity contribution in [2.24, 2.45) is 0 Å². The summed E-state index contributed by atoms with van der Waals surface area (Å²) in [7, 11) is 0. The number of nitrogens with two attached hydrogens (primary N) is 1. The van der Waals surface area contributed by atoms with Gasteiger partial charge in [0, 0.05) is 10.5 Å². The Kier molecular flexibility index (Phi) is 3.61. The predicted molar refractivity (Wildman–Crippen MR) is 68.9 cm³/mol. The lowest BCUT2D eigenvalue weighted by Crippen LogP contribution is -2.06. The molecule has 0 aliphatic heterocycles. The Balaban J connectivity index is 2.34. The molecule has 1 heterocycles. The van der Waals surface area contributed by atoms with E-state index in [0.29, 0.717) is 10.3 Å². The SMILES string of the molecule is Nc1cc(Nc2cc(C(F)(F)F)ccc2Br)ncn1. The van der Waals surface area contributed by atoms with Gasteiger partial charge in [-0.3, -0.25) is 0 Å². The summed E-state index contributed by atoms with van der Waals surface area (Å²) in [5.74, 6) is 0.535. The highest BCUT2D eigenvalue weighted by Crippen LogP contribution is 2.34. The average molecular weight is 333 g/mol. The van der Waals surface area contributed by atoms with Gasteiger partial charge >= 0.3 is 6.18 Å². The molecular weight excluding hydrogens is 325 g/mol. The zero-order chi connectivity index (χ0) is 14.0. The molecule has 1 aromatic heterocycles. The molecular formula is C11H8BrF3N4. The fourth-order valence-corrected chi connectivity index (χ4v) is 1.72. The largest absolute Gasteiger partial charge is 0.416 e. The van der Waals surface area contributed by atoms with Crippen LogP contribution in [0, 0.1) is 0 Å². The lowest BCUT2D eigenvalue weighted by atomic mass is 10.2. The highest BCUT2D eigenvalue weighted by molar-refractivity contribution is 9.10. The van der Waals surface area contributed by atoms with Crippen molar-refractivity contribution in [3.63, 3.8) is 0 Å². The quantitative estimate of drug-likeness (QED) is 0.882. The summed E-state index contributed by atoms with van der Waals surface area (Å²) in [4.78, 5) is 7.56. The molecule has 8 heteroatoms.